The van der Waals surface area contributed by atoms with Crippen LogP contribution in [0.15, 0.2) is 18.2 Å². The van der Waals surface area contributed by atoms with E-state index in [4.69, 9.17) is 0 Å². The first kappa shape index (κ1) is 19.7. The van der Waals surface area contributed by atoms with Crippen molar-refractivity contribution in [2.24, 2.45) is 5.92 Å². The van der Waals surface area contributed by atoms with Gasteiger partial charge in [-0.3, -0.25) is 9.59 Å². The molecule has 0 atom stereocenters. The Morgan fingerprint density at radius 1 is 1.00 bits per heavy atom. The Morgan fingerprint density at radius 2 is 1.76 bits per heavy atom. The summed E-state index contributed by atoms with van der Waals surface area (Å²) < 4.78 is 0. The van der Waals surface area contributed by atoms with Crippen LogP contribution in [0.4, 0.5) is 0 Å². The van der Waals surface area contributed by atoms with Gasteiger partial charge < -0.3 is 16.0 Å². The summed E-state index contributed by atoms with van der Waals surface area (Å²) >= 11 is 0. The van der Waals surface area contributed by atoms with Gasteiger partial charge in [-0.15, -0.1) is 12.4 Å². The van der Waals surface area contributed by atoms with E-state index in [1.807, 2.05) is 6.07 Å². The van der Waals surface area contributed by atoms with Crippen molar-refractivity contribution in [3.05, 3.63) is 34.9 Å². The van der Waals surface area contributed by atoms with Gasteiger partial charge in [-0.05, 0) is 35.4 Å². The van der Waals surface area contributed by atoms with Gasteiger partial charge in [0.25, 0.3) is 0 Å². The molecule has 1 saturated carbocycles. The fourth-order valence-corrected chi connectivity index (χ4v) is 3.63. The number of nitrogens with one attached hydrogen (secondary N) is 3. The number of rotatable bonds is 6. The van der Waals surface area contributed by atoms with Crippen molar-refractivity contribution in [3.8, 4) is 0 Å². The molecule has 6 heteroatoms. The first-order valence-corrected chi connectivity index (χ1v) is 9.05. The number of carbonyl (C=O) groups excluding carboxylic acids is 2. The number of amides is 2. The molecule has 5 nitrogen and oxygen atoms in total. The Labute approximate surface area is 155 Å². The summed E-state index contributed by atoms with van der Waals surface area (Å²) in [5, 5.41) is 8.93. The second-order valence-electron chi connectivity index (χ2n) is 6.97. The minimum atomic E-state index is -0.134. The summed E-state index contributed by atoms with van der Waals surface area (Å²) in [6.07, 6.45) is 6.60. The fourth-order valence-electron chi connectivity index (χ4n) is 3.63. The van der Waals surface area contributed by atoms with Crippen molar-refractivity contribution in [3.63, 3.8) is 0 Å². The third-order valence-electron chi connectivity index (χ3n) is 5.04. The van der Waals surface area contributed by atoms with Gasteiger partial charge in [-0.25, -0.2) is 0 Å². The van der Waals surface area contributed by atoms with Crippen LogP contribution in [0.1, 0.15) is 55.2 Å². The van der Waals surface area contributed by atoms with Crippen LogP contribution in [0.25, 0.3) is 0 Å². The van der Waals surface area contributed by atoms with Crippen LogP contribution in [0.5, 0.6) is 0 Å². The quantitative estimate of drug-likeness (QED) is 0.725. The molecule has 1 fully saturated rings. The van der Waals surface area contributed by atoms with Gasteiger partial charge in [-0.1, -0.05) is 37.5 Å². The normalized spacial score (nSPS) is 16.6. The first-order chi connectivity index (χ1) is 11.7. The molecule has 1 aliphatic carbocycles. The molecule has 0 radical (unpaired) electrons. The molecule has 3 N–H and O–H groups in total. The molecule has 2 aliphatic rings. The molecule has 0 spiro atoms. The maximum atomic E-state index is 11.9. The van der Waals surface area contributed by atoms with E-state index < -0.39 is 0 Å². The van der Waals surface area contributed by atoms with Crippen LogP contribution in [0.3, 0.4) is 0 Å². The Morgan fingerprint density at radius 3 is 2.56 bits per heavy atom. The fraction of sp³-hybridized carbons (Fsp3) is 0.579. The zero-order chi connectivity index (χ0) is 16.8. The number of hydrogen-bond donors (Lipinski definition) is 3. The van der Waals surface area contributed by atoms with E-state index in [0.29, 0.717) is 18.9 Å². The summed E-state index contributed by atoms with van der Waals surface area (Å²) in [7, 11) is 0. The molecular weight excluding hydrogens is 338 g/mol. The molecule has 3 rings (SSSR count). The summed E-state index contributed by atoms with van der Waals surface area (Å²) in [5.74, 6) is 0.369. The summed E-state index contributed by atoms with van der Waals surface area (Å²) in [6, 6.07) is 6.30. The lowest BCUT2D eigenvalue weighted by atomic mass is 9.87. The number of halogens is 1. The minimum absolute atomic E-state index is 0. The highest BCUT2D eigenvalue weighted by molar-refractivity contribution is 5.85. The molecular formula is C19H28ClN3O2. The van der Waals surface area contributed by atoms with Crippen molar-refractivity contribution in [2.75, 3.05) is 6.54 Å². The van der Waals surface area contributed by atoms with Gasteiger partial charge in [0.1, 0.15) is 0 Å². The van der Waals surface area contributed by atoms with Crippen LogP contribution in [-0.4, -0.2) is 18.4 Å². The maximum absolute atomic E-state index is 11.9. The summed E-state index contributed by atoms with van der Waals surface area (Å²) in [5.41, 5.74) is 3.74. The van der Waals surface area contributed by atoms with Crippen LogP contribution in [0.2, 0.25) is 0 Å². The monoisotopic (exact) mass is 365 g/mol. The molecule has 1 aromatic carbocycles. The van der Waals surface area contributed by atoms with Gasteiger partial charge in [-0.2, -0.15) is 0 Å². The summed E-state index contributed by atoms with van der Waals surface area (Å²) in [4.78, 5) is 23.8. The average Bonchev–Trinajstić information content (AvgIpc) is 3.07. The van der Waals surface area contributed by atoms with Crippen LogP contribution >= 0.6 is 12.4 Å². The van der Waals surface area contributed by atoms with E-state index in [1.54, 1.807) is 0 Å². The maximum Gasteiger partial charge on any atom is 0.239 e. The van der Waals surface area contributed by atoms with Gasteiger partial charge in [0.15, 0.2) is 0 Å². The second kappa shape index (κ2) is 9.78. The predicted molar refractivity (Wildman–Crippen MR) is 100 cm³/mol. The average molecular weight is 366 g/mol. The lowest BCUT2D eigenvalue weighted by Gasteiger charge is -2.20. The highest BCUT2D eigenvalue weighted by atomic mass is 35.5. The smallest absolute Gasteiger partial charge is 0.239 e. The molecule has 0 unspecified atom stereocenters. The Hall–Kier alpha value is -1.59. The molecule has 0 bridgehead atoms. The standard InChI is InChI=1S/C19H27N3O2.ClH/c23-18(9-14-4-2-1-3-5-14)22-13-19(24)21-10-15-6-7-16-11-20-12-17(16)8-15;/h6-8,14,20H,1-5,9-13H2,(H,21,24)(H,22,23);1H. The molecule has 2 amide bonds. The number of hydrogen-bond acceptors (Lipinski definition) is 3. The molecule has 138 valence electrons. The zero-order valence-electron chi connectivity index (χ0n) is 14.6. The second-order valence-corrected chi connectivity index (χ2v) is 6.97. The third kappa shape index (κ3) is 6.01. The number of fused-ring (bicyclic) bond motifs is 1. The van der Waals surface area contributed by atoms with Crippen molar-refractivity contribution < 1.29 is 9.59 Å². The number of carbonyl (C=O) groups is 2. The van der Waals surface area contributed by atoms with E-state index in [0.717, 1.165) is 31.5 Å². The zero-order valence-corrected chi connectivity index (χ0v) is 15.4. The molecule has 1 aliphatic heterocycles. The predicted octanol–water partition coefficient (Wildman–Crippen LogP) is 2.41. The lowest BCUT2D eigenvalue weighted by molar-refractivity contribution is -0.126. The molecule has 0 saturated heterocycles. The largest absolute Gasteiger partial charge is 0.350 e. The highest BCUT2D eigenvalue weighted by Gasteiger charge is 2.17. The van der Waals surface area contributed by atoms with E-state index in [-0.39, 0.29) is 30.8 Å². The Kier molecular flexibility index (Phi) is 7.72. The Balaban J connectivity index is 0.00000225. The highest BCUT2D eigenvalue weighted by Crippen LogP contribution is 2.26. The van der Waals surface area contributed by atoms with Crippen LogP contribution < -0.4 is 16.0 Å². The van der Waals surface area contributed by atoms with E-state index in [2.05, 4.69) is 28.1 Å². The van der Waals surface area contributed by atoms with Gasteiger partial charge >= 0.3 is 0 Å². The van der Waals surface area contributed by atoms with E-state index in [9.17, 15) is 9.59 Å². The van der Waals surface area contributed by atoms with Crippen molar-refractivity contribution in [1.82, 2.24) is 16.0 Å². The van der Waals surface area contributed by atoms with Crippen LogP contribution in [-0.2, 0) is 29.2 Å². The van der Waals surface area contributed by atoms with E-state index in [1.165, 1.54) is 30.4 Å². The molecule has 1 heterocycles. The van der Waals surface area contributed by atoms with Crippen LogP contribution in [0, 0.1) is 5.92 Å². The third-order valence-corrected chi connectivity index (χ3v) is 5.04. The molecule has 0 aromatic heterocycles. The lowest BCUT2D eigenvalue weighted by Crippen LogP contribution is -2.37. The summed E-state index contributed by atoms with van der Waals surface area (Å²) in [6.45, 7) is 2.39. The van der Waals surface area contributed by atoms with Gasteiger partial charge in [0.2, 0.25) is 11.8 Å². The van der Waals surface area contributed by atoms with Crippen molar-refractivity contribution >= 4 is 24.2 Å². The Bertz CT molecular complexity index is 600. The van der Waals surface area contributed by atoms with Crippen molar-refractivity contribution in [2.45, 2.75) is 58.2 Å². The van der Waals surface area contributed by atoms with Crippen molar-refractivity contribution in [1.29, 1.82) is 0 Å². The topological polar surface area (TPSA) is 70.2 Å². The van der Waals surface area contributed by atoms with Gasteiger partial charge in [0.05, 0.1) is 6.54 Å². The minimum Gasteiger partial charge on any atom is -0.350 e. The molecule has 25 heavy (non-hydrogen) atoms. The number of benzene rings is 1. The van der Waals surface area contributed by atoms with Gasteiger partial charge in [0, 0.05) is 26.1 Å². The molecule has 1 aromatic rings. The van der Waals surface area contributed by atoms with E-state index >= 15 is 0 Å². The first-order valence-electron chi connectivity index (χ1n) is 9.05. The SMILES string of the molecule is Cl.O=C(CNC(=O)CC1CCCCC1)NCc1ccc2c(c1)CNC2.